The monoisotopic (exact) mass is 492 g/mol. The molecule has 1 saturated heterocycles. The molecule has 1 amide bonds. The van der Waals surface area contributed by atoms with Crippen molar-refractivity contribution in [1.82, 2.24) is 19.4 Å². The Balaban J connectivity index is 1.45. The molecule has 0 spiro atoms. The zero-order valence-corrected chi connectivity index (χ0v) is 21.7. The van der Waals surface area contributed by atoms with Crippen molar-refractivity contribution in [1.29, 1.82) is 0 Å². The lowest BCUT2D eigenvalue weighted by Crippen LogP contribution is -2.52. The molecule has 2 aromatic rings. The highest BCUT2D eigenvalue weighted by Gasteiger charge is 2.43. The lowest BCUT2D eigenvalue weighted by molar-refractivity contribution is -0.129. The van der Waals surface area contributed by atoms with Gasteiger partial charge in [0.25, 0.3) is 0 Å². The van der Waals surface area contributed by atoms with Gasteiger partial charge in [-0.05, 0) is 60.7 Å². The molecule has 1 unspecified atom stereocenters. The smallest absolute Gasteiger partial charge is 0.226 e. The zero-order valence-electron chi connectivity index (χ0n) is 20.1. The summed E-state index contributed by atoms with van der Waals surface area (Å²) in [6.07, 6.45) is 4.08. The van der Waals surface area contributed by atoms with E-state index in [1.165, 1.54) is 6.07 Å². The van der Waals surface area contributed by atoms with Crippen molar-refractivity contribution in [2.75, 3.05) is 13.1 Å². The fourth-order valence-corrected chi connectivity index (χ4v) is 6.29. The number of hydrogen-bond donors (Lipinski definition) is 1. The number of nitrogens with one attached hydrogen (secondary N) is 1. The van der Waals surface area contributed by atoms with Crippen molar-refractivity contribution in [3.05, 3.63) is 45.9 Å². The highest BCUT2D eigenvalue weighted by molar-refractivity contribution is 7.97. The molecule has 5 nitrogen and oxygen atoms in total. The molecular weight excluding hydrogens is 459 g/mol. The Bertz CT molecular complexity index is 1030. The van der Waals surface area contributed by atoms with Crippen LogP contribution in [0.2, 0.25) is 5.02 Å². The van der Waals surface area contributed by atoms with Crippen LogP contribution < -0.4 is 5.32 Å². The average Bonchev–Trinajstić information content (AvgIpc) is 3.33. The summed E-state index contributed by atoms with van der Waals surface area (Å²) in [5.74, 6) is -0.0977. The van der Waals surface area contributed by atoms with Gasteiger partial charge in [0, 0.05) is 25.7 Å². The number of benzene rings is 1. The van der Waals surface area contributed by atoms with Crippen LogP contribution in [-0.4, -0.2) is 33.1 Å². The molecule has 2 heterocycles. The number of amides is 1. The van der Waals surface area contributed by atoms with Gasteiger partial charge in [0.2, 0.25) is 5.91 Å². The van der Waals surface area contributed by atoms with E-state index in [0.29, 0.717) is 29.6 Å². The van der Waals surface area contributed by atoms with Crippen molar-refractivity contribution in [3.8, 4) is 0 Å². The molecule has 4 rings (SSSR count). The molecule has 1 N–H and O–H groups in total. The third-order valence-corrected chi connectivity index (χ3v) is 8.85. The number of aryl methyl sites for hydroxylation is 2. The fourth-order valence-electron chi connectivity index (χ4n) is 4.92. The van der Waals surface area contributed by atoms with E-state index < -0.39 is 6.04 Å². The summed E-state index contributed by atoms with van der Waals surface area (Å²) in [6.45, 7) is 9.61. The summed E-state index contributed by atoms with van der Waals surface area (Å²) in [6, 6.07) is 4.85. The number of carbonyl (C=O) groups is 1. The van der Waals surface area contributed by atoms with Gasteiger partial charge in [-0.1, -0.05) is 51.3 Å². The van der Waals surface area contributed by atoms with Crippen LogP contribution in [0.25, 0.3) is 0 Å². The van der Waals surface area contributed by atoms with Gasteiger partial charge in [0.15, 0.2) is 0 Å². The zero-order chi connectivity index (χ0) is 23.9. The summed E-state index contributed by atoms with van der Waals surface area (Å²) in [5, 5.41) is 9.29. The standard InChI is InChI=1S/C25H34ClFN4OS/c1-15(2)19-12-20(30(5)29-19)33-31-13-17(14-31)24(32)28-23(25(4)10-6-7-11-25)21-18(27)9-8-16(3)22(21)26/h8-9,12,15,17,23H,6-7,10-11,13-14H2,1-5H3,(H,28,32). The van der Waals surface area contributed by atoms with Crippen LogP contribution in [0.4, 0.5) is 4.39 Å². The quantitative estimate of drug-likeness (QED) is 0.480. The Kier molecular flexibility index (Phi) is 7.13. The SMILES string of the molecule is Cc1ccc(F)c(C(NC(=O)C2CN(Sc3cc(C(C)C)nn3C)C2)C2(C)CCCC2)c1Cl. The van der Waals surface area contributed by atoms with Gasteiger partial charge in [-0.2, -0.15) is 5.10 Å². The Morgan fingerprint density at radius 1 is 1.30 bits per heavy atom. The first kappa shape index (κ1) is 24.6. The van der Waals surface area contributed by atoms with E-state index in [4.69, 9.17) is 11.6 Å². The second-order valence-electron chi connectivity index (χ2n) is 10.2. The molecule has 0 radical (unpaired) electrons. The number of nitrogens with zero attached hydrogens (tertiary/aromatic N) is 3. The molecule has 1 aromatic carbocycles. The van der Waals surface area contributed by atoms with Gasteiger partial charge in [0.05, 0.1) is 22.7 Å². The van der Waals surface area contributed by atoms with Gasteiger partial charge >= 0.3 is 0 Å². The van der Waals surface area contributed by atoms with Gasteiger partial charge in [-0.15, -0.1) is 0 Å². The van der Waals surface area contributed by atoms with Crippen molar-refractivity contribution in [2.24, 2.45) is 18.4 Å². The molecule has 180 valence electrons. The molecule has 8 heteroatoms. The minimum atomic E-state index is -0.424. The van der Waals surface area contributed by atoms with Crippen LogP contribution in [0.3, 0.4) is 0 Å². The van der Waals surface area contributed by atoms with Crippen molar-refractivity contribution in [3.63, 3.8) is 0 Å². The highest BCUT2D eigenvalue weighted by atomic mass is 35.5. The number of aromatic nitrogens is 2. The highest BCUT2D eigenvalue weighted by Crippen LogP contribution is 2.49. The molecule has 1 saturated carbocycles. The van der Waals surface area contributed by atoms with E-state index in [9.17, 15) is 9.18 Å². The van der Waals surface area contributed by atoms with Crippen molar-refractivity contribution < 1.29 is 9.18 Å². The van der Waals surface area contributed by atoms with Crippen molar-refractivity contribution >= 4 is 29.5 Å². The Labute approximate surface area is 205 Å². The minimum Gasteiger partial charge on any atom is -0.348 e. The summed E-state index contributed by atoms with van der Waals surface area (Å²) in [5.41, 5.74) is 2.14. The van der Waals surface area contributed by atoms with Crippen LogP contribution in [0, 0.1) is 24.1 Å². The predicted octanol–water partition coefficient (Wildman–Crippen LogP) is 6.02. The minimum absolute atomic E-state index is 0.0187. The molecule has 2 aliphatic rings. The van der Waals surface area contributed by atoms with Crippen LogP contribution in [0.15, 0.2) is 23.2 Å². The number of carbonyl (C=O) groups excluding carboxylic acids is 1. The molecule has 1 atom stereocenters. The third-order valence-electron chi connectivity index (χ3n) is 7.23. The first-order chi connectivity index (χ1) is 15.6. The van der Waals surface area contributed by atoms with Crippen LogP contribution in [-0.2, 0) is 11.8 Å². The number of hydrogen-bond acceptors (Lipinski definition) is 4. The normalized spacial score (nSPS) is 19.6. The lowest BCUT2D eigenvalue weighted by Gasteiger charge is -2.40. The largest absolute Gasteiger partial charge is 0.348 e. The Hall–Kier alpha value is -1.57. The van der Waals surface area contributed by atoms with Crippen molar-refractivity contribution in [2.45, 2.75) is 70.4 Å². The molecule has 1 aliphatic carbocycles. The average molecular weight is 493 g/mol. The summed E-state index contributed by atoms with van der Waals surface area (Å²) < 4.78 is 19.1. The number of halogens is 2. The Morgan fingerprint density at radius 3 is 2.58 bits per heavy atom. The summed E-state index contributed by atoms with van der Waals surface area (Å²) >= 11 is 8.22. The summed E-state index contributed by atoms with van der Waals surface area (Å²) in [7, 11) is 1.95. The first-order valence-electron chi connectivity index (χ1n) is 11.8. The van der Waals surface area contributed by atoms with Gasteiger partial charge < -0.3 is 5.32 Å². The predicted molar refractivity (Wildman–Crippen MR) is 132 cm³/mol. The fraction of sp³-hybridized carbons (Fsp3) is 0.600. The second kappa shape index (κ2) is 9.59. The second-order valence-corrected chi connectivity index (χ2v) is 11.7. The molecule has 2 fully saturated rings. The van der Waals surface area contributed by atoms with Gasteiger partial charge in [0.1, 0.15) is 10.8 Å². The maximum Gasteiger partial charge on any atom is 0.226 e. The van der Waals surface area contributed by atoms with E-state index in [-0.39, 0.29) is 23.1 Å². The van der Waals surface area contributed by atoms with E-state index in [1.54, 1.807) is 18.0 Å². The van der Waals surface area contributed by atoms with Gasteiger partial charge in [-0.25, -0.2) is 8.70 Å². The molecular formula is C25H34ClFN4OS. The lowest BCUT2D eigenvalue weighted by atomic mass is 9.76. The molecule has 33 heavy (non-hydrogen) atoms. The van der Waals surface area contributed by atoms with Crippen LogP contribution >= 0.6 is 23.5 Å². The van der Waals surface area contributed by atoms with E-state index in [1.807, 2.05) is 18.7 Å². The maximum absolute atomic E-state index is 15.0. The Morgan fingerprint density at radius 2 is 1.97 bits per heavy atom. The maximum atomic E-state index is 15.0. The first-order valence-corrected chi connectivity index (χ1v) is 13.0. The van der Waals surface area contributed by atoms with Crippen LogP contribution in [0.1, 0.15) is 75.2 Å². The van der Waals surface area contributed by atoms with Crippen LogP contribution in [0.5, 0.6) is 0 Å². The molecule has 0 bridgehead atoms. The van der Waals surface area contributed by atoms with Gasteiger partial charge in [-0.3, -0.25) is 9.48 Å². The number of rotatable bonds is 7. The summed E-state index contributed by atoms with van der Waals surface area (Å²) in [4.78, 5) is 13.2. The molecule has 1 aromatic heterocycles. The van der Waals surface area contributed by atoms with E-state index >= 15 is 0 Å². The molecule has 1 aliphatic heterocycles. The van der Waals surface area contributed by atoms with E-state index in [0.717, 1.165) is 42.0 Å². The third kappa shape index (κ3) is 4.96. The topological polar surface area (TPSA) is 50.2 Å². The van der Waals surface area contributed by atoms with E-state index in [2.05, 4.69) is 41.6 Å².